The predicted molar refractivity (Wildman–Crippen MR) is 64.0 cm³/mol. The first-order chi connectivity index (χ1) is 8.40. The molecule has 0 aromatic heterocycles. The lowest BCUT2D eigenvalue weighted by Gasteiger charge is -2.15. The average molecular weight is 257 g/mol. The van der Waals surface area contributed by atoms with Crippen LogP contribution < -0.4 is 16.0 Å². The fraction of sp³-hybridized carbons (Fsp3) is 0.727. The molecule has 7 heteroatoms. The minimum absolute atomic E-state index is 0.0259. The summed E-state index contributed by atoms with van der Waals surface area (Å²) in [5.41, 5.74) is 0. The minimum atomic E-state index is -0.977. The molecule has 4 N–H and O–H groups in total. The van der Waals surface area contributed by atoms with E-state index in [1.807, 2.05) is 0 Å². The summed E-state index contributed by atoms with van der Waals surface area (Å²) in [7, 11) is 0. The number of carbonyl (C=O) groups excluding carboxylic acids is 2. The van der Waals surface area contributed by atoms with Crippen molar-refractivity contribution in [2.45, 2.75) is 38.8 Å². The summed E-state index contributed by atoms with van der Waals surface area (Å²) in [6, 6.07) is -0.927. The van der Waals surface area contributed by atoms with Crippen molar-refractivity contribution in [1.29, 1.82) is 0 Å². The Morgan fingerprint density at radius 3 is 2.39 bits per heavy atom. The molecule has 0 radical (unpaired) electrons. The average Bonchev–Trinajstić information content (AvgIpc) is 3.09. The van der Waals surface area contributed by atoms with Crippen LogP contribution in [0.2, 0.25) is 0 Å². The molecule has 0 bridgehead atoms. The van der Waals surface area contributed by atoms with E-state index in [4.69, 9.17) is 5.11 Å². The van der Waals surface area contributed by atoms with Crippen LogP contribution in [-0.4, -0.2) is 41.6 Å². The van der Waals surface area contributed by atoms with Crippen LogP contribution in [-0.2, 0) is 9.59 Å². The van der Waals surface area contributed by atoms with Gasteiger partial charge in [-0.3, -0.25) is 9.59 Å². The van der Waals surface area contributed by atoms with E-state index in [2.05, 4.69) is 16.0 Å². The van der Waals surface area contributed by atoms with E-state index in [9.17, 15) is 14.4 Å². The number of rotatable bonds is 6. The molecule has 2 atom stereocenters. The number of carbonyl (C=O) groups is 3. The molecule has 2 unspecified atom stereocenters. The van der Waals surface area contributed by atoms with Gasteiger partial charge >= 0.3 is 12.0 Å². The van der Waals surface area contributed by atoms with Crippen LogP contribution in [0.4, 0.5) is 4.79 Å². The van der Waals surface area contributed by atoms with E-state index in [0.29, 0.717) is 0 Å². The van der Waals surface area contributed by atoms with Crippen molar-refractivity contribution in [3.05, 3.63) is 0 Å². The third-order valence-corrected chi connectivity index (χ3v) is 2.65. The van der Waals surface area contributed by atoms with Gasteiger partial charge in [0.05, 0.1) is 5.92 Å². The Kier molecular flexibility index (Phi) is 4.94. The first-order valence-corrected chi connectivity index (χ1v) is 5.97. The van der Waals surface area contributed by atoms with Crippen LogP contribution in [0.1, 0.15) is 26.7 Å². The normalized spacial score (nSPS) is 17.4. The van der Waals surface area contributed by atoms with Gasteiger partial charge in [0.15, 0.2) is 0 Å². The Bertz CT molecular complexity index is 341. The number of aliphatic carboxylic acids is 1. The second-order valence-corrected chi connectivity index (χ2v) is 4.60. The molecular formula is C11H19N3O4. The maximum Gasteiger partial charge on any atom is 0.315 e. The van der Waals surface area contributed by atoms with Crippen molar-refractivity contribution < 1.29 is 19.5 Å². The zero-order chi connectivity index (χ0) is 13.7. The van der Waals surface area contributed by atoms with Crippen molar-refractivity contribution in [3.8, 4) is 0 Å². The van der Waals surface area contributed by atoms with E-state index in [1.165, 1.54) is 6.92 Å². The summed E-state index contributed by atoms with van der Waals surface area (Å²) in [5, 5.41) is 16.3. The van der Waals surface area contributed by atoms with Crippen LogP contribution in [0.15, 0.2) is 0 Å². The molecule has 1 saturated carbocycles. The highest BCUT2D eigenvalue weighted by atomic mass is 16.4. The molecular weight excluding hydrogens is 238 g/mol. The quantitative estimate of drug-likeness (QED) is 0.522. The van der Waals surface area contributed by atoms with Crippen molar-refractivity contribution in [3.63, 3.8) is 0 Å². The van der Waals surface area contributed by atoms with E-state index in [-0.39, 0.29) is 18.5 Å². The minimum Gasteiger partial charge on any atom is -0.481 e. The molecule has 1 fully saturated rings. The number of hydrogen-bond acceptors (Lipinski definition) is 3. The largest absolute Gasteiger partial charge is 0.481 e. The first kappa shape index (κ1) is 14.3. The van der Waals surface area contributed by atoms with Crippen LogP contribution >= 0.6 is 0 Å². The molecule has 1 rings (SSSR count). The third-order valence-electron chi connectivity index (χ3n) is 2.65. The summed E-state index contributed by atoms with van der Waals surface area (Å²) < 4.78 is 0. The van der Waals surface area contributed by atoms with E-state index >= 15 is 0 Å². The lowest BCUT2D eigenvalue weighted by molar-refractivity contribution is -0.140. The van der Waals surface area contributed by atoms with Crippen molar-refractivity contribution in [2.75, 3.05) is 6.54 Å². The highest BCUT2D eigenvalue weighted by molar-refractivity contribution is 5.87. The van der Waals surface area contributed by atoms with Gasteiger partial charge in [-0.05, 0) is 19.8 Å². The van der Waals surface area contributed by atoms with Gasteiger partial charge in [-0.2, -0.15) is 0 Å². The Morgan fingerprint density at radius 2 is 1.89 bits per heavy atom. The van der Waals surface area contributed by atoms with Gasteiger partial charge in [-0.15, -0.1) is 0 Å². The van der Waals surface area contributed by atoms with Crippen molar-refractivity contribution in [2.24, 2.45) is 5.92 Å². The van der Waals surface area contributed by atoms with E-state index in [0.717, 1.165) is 12.8 Å². The van der Waals surface area contributed by atoms with Crippen LogP contribution in [0.3, 0.4) is 0 Å². The second-order valence-electron chi connectivity index (χ2n) is 4.60. The Hall–Kier alpha value is -1.79. The topological polar surface area (TPSA) is 108 Å². The molecule has 18 heavy (non-hydrogen) atoms. The molecule has 7 nitrogen and oxygen atoms in total. The fourth-order valence-corrected chi connectivity index (χ4v) is 1.20. The SMILES string of the molecule is CC(CNC(=O)NC(C)C(=O)NC1CC1)C(=O)O. The summed E-state index contributed by atoms with van der Waals surface area (Å²) in [6.45, 7) is 3.10. The summed E-state index contributed by atoms with van der Waals surface area (Å²) in [4.78, 5) is 33.5. The number of carboxylic acids is 1. The molecule has 102 valence electrons. The number of nitrogens with one attached hydrogen (secondary N) is 3. The van der Waals surface area contributed by atoms with Gasteiger partial charge in [0.2, 0.25) is 5.91 Å². The van der Waals surface area contributed by atoms with Gasteiger partial charge < -0.3 is 21.1 Å². The Balaban J connectivity index is 2.21. The zero-order valence-corrected chi connectivity index (χ0v) is 10.5. The molecule has 3 amide bonds. The van der Waals surface area contributed by atoms with Gasteiger partial charge in [0.25, 0.3) is 0 Å². The number of amides is 3. The maximum atomic E-state index is 11.5. The summed E-state index contributed by atoms with van der Waals surface area (Å²) >= 11 is 0. The third kappa shape index (κ3) is 5.03. The molecule has 1 aliphatic rings. The first-order valence-electron chi connectivity index (χ1n) is 5.97. The zero-order valence-electron chi connectivity index (χ0n) is 10.5. The predicted octanol–water partition coefficient (Wildman–Crippen LogP) is -0.327. The fourth-order valence-electron chi connectivity index (χ4n) is 1.20. The second kappa shape index (κ2) is 6.23. The van der Waals surface area contributed by atoms with Crippen LogP contribution in [0.5, 0.6) is 0 Å². The number of urea groups is 1. The summed E-state index contributed by atoms with van der Waals surface area (Å²) in [6.07, 6.45) is 1.97. The van der Waals surface area contributed by atoms with Crippen molar-refractivity contribution >= 4 is 17.9 Å². The molecule has 0 heterocycles. The lowest BCUT2D eigenvalue weighted by Crippen LogP contribution is -2.49. The Morgan fingerprint density at radius 1 is 1.28 bits per heavy atom. The highest BCUT2D eigenvalue weighted by Gasteiger charge is 2.26. The maximum absolute atomic E-state index is 11.5. The standard InChI is InChI=1S/C11H19N3O4/c1-6(10(16)17)5-12-11(18)13-7(2)9(15)14-8-3-4-8/h6-8H,3-5H2,1-2H3,(H,14,15)(H,16,17)(H2,12,13,18). The van der Waals surface area contributed by atoms with Crippen LogP contribution in [0, 0.1) is 5.92 Å². The number of hydrogen-bond donors (Lipinski definition) is 4. The summed E-state index contributed by atoms with van der Waals surface area (Å²) in [5.74, 6) is -1.86. The monoisotopic (exact) mass is 257 g/mol. The van der Waals surface area contributed by atoms with Gasteiger partial charge in [-0.25, -0.2) is 4.79 Å². The Labute approximate surface area is 105 Å². The molecule has 0 saturated heterocycles. The number of carboxylic acid groups (broad SMARTS) is 1. The molecule has 0 aromatic rings. The van der Waals surface area contributed by atoms with Gasteiger partial charge in [0, 0.05) is 12.6 Å². The molecule has 0 aliphatic heterocycles. The molecule has 1 aliphatic carbocycles. The molecule has 0 spiro atoms. The van der Waals surface area contributed by atoms with Crippen molar-refractivity contribution in [1.82, 2.24) is 16.0 Å². The highest BCUT2D eigenvalue weighted by Crippen LogP contribution is 2.18. The molecule has 0 aromatic carbocycles. The van der Waals surface area contributed by atoms with Crippen LogP contribution in [0.25, 0.3) is 0 Å². The van der Waals surface area contributed by atoms with E-state index in [1.54, 1.807) is 6.92 Å². The van der Waals surface area contributed by atoms with Gasteiger partial charge in [0.1, 0.15) is 6.04 Å². The van der Waals surface area contributed by atoms with E-state index < -0.39 is 24.0 Å². The smallest absolute Gasteiger partial charge is 0.315 e. The van der Waals surface area contributed by atoms with Gasteiger partial charge in [-0.1, -0.05) is 6.92 Å². The lowest BCUT2D eigenvalue weighted by atomic mass is 10.2.